The molecule has 1 aliphatic rings. The Hall–Kier alpha value is -1.68. The van der Waals surface area contributed by atoms with Gasteiger partial charge in [-0.15, -0.1) is 11.3 Å². The van der Waals surface area contributed by atoms with Crippen LogP contribution in [0.15, 0.2) is 29.6 Å². The van der Waals surface area contributed by atoms with E-state index in [0.717, 1.165) is 24.8 Å². The van der Waals surface area contributed by atoms with E-state index in [4.69, 9.17) is 0 Å². The number of rotatable bonds is 2. The average Bonchev–Trinajstić information content (AvgIpc) is 2.81. The lowest BCUT2D eigenvalue weighted by Gasteiger charge is -2.18. The maximum absolute atomic E-state index is 13.1. The second kappa shape index (κ2) is 5.37. The first kappa shape index (κ1) is 13.3. The standard InChI is InChI=1S/C16H16FNOS/c1-10-5-6-13-14(9-20-15(13)7-10)16(19)18-12-4-2-3-11(17)8-12/h2-4,8-10H,5-7H2,1H3,(H,18,19)/t10-/m0/s1. The molecule has 1 aliphatic carbocycles. The molecule has 1 heterocycles. The Morgan fingerprint density at radius 1 is 1.45 bits per heavy atom. The molecule has 2 nitrogen and oxygen atoms in total. The van der Waals surface area contributed by atoms with Gasteiger partial charge < -0.3 is 5.32 Å². The van der Waals surface area contributed by atoms with Crippen LogP contribution in [-0.4, -0.2) is 5.91 Å². The van der Waals surface area contributed by atoms with E-state index in [9.17, 15) is 9.18 Å². The lowest BCUT2D eigenvalue weighted by atomic mass is 9.88. The maximum Gasteiger partial charge on any atom is 0.256 e. The molecule has 2 aromatic rings. The molecule has 1 N–H and O–H groups in total. The van der Waals surface area contributed by atoms with Crippen LogP contribution in [0, 0.1) is 11.7 Å². The normalized spacial score (nSPS) is 17.6. The molecule has 20 heavy (non-hydrogen) atoms. The van der Waals surface area contributed by atoms with Gasteiger partial charge in [0.1, 0.15) is 5.82 Å². The third-order valence-electron chi connectivity index (χ3n) is 3.73. The highest BCUT2D eigenvalue weighted by Gasteiger charge is 2.23. The summed E-state index contributed by atoms with van der Waals surface area (Å²) in [5, 5.41) is 4.70. The zero-order valence-corrected chi connectivity index (χ0v) is 12.1. The average molecular weight is 289 g/mol. The third-order valence-corrected chi connectivity index (χ3v) is 4.78. The molecule has 0 saturated carbocycles. The van der Waals surface area contributed by atoms with Crippen molar-refractivity contribution in [3.63, 3.8) is 0 Å². The van der Waals surface area contributed by atoms with Crippen molar-refractivity contribution in [1.82, 2.24) is 0 Å². The second-order valence-electron chi connectivity index (χ2n) is 5.36. The first-order valence-corrected chi connectivity index (χ1v) is 7.67. The summed E-state index contributed by atoms with van der Waals surface area (Å²) in [6.45, 7) is 2.25. The summed E-state index contributed by atoms with van der Waals surface area (Å²) in [4.78, 5) is 13.6. The summed E-state index contributed by atoms with van der Waals surface area (Å²) in [5.41, 5.74) is 2.43. The zero-order chi connectivity index (χ0) is 14.1. The first-order valence-electron chi connectivity index (χ1n) is 6.79. The number of benzene rings is 1. The van der Waals surface area contributed by atoms with Crippen LogP contribution >= 0.6 is 11.3 Å². The minimum absolute atomic E-state index is 0.136. The summed E-state index contributed by atoms with van der Waals surface area (Å²) in [6, 6.07) is 5.99. The Bertz CT molecular complexity index is 650. The van der Waals surface area contributed by atoms with Crippen LogP contribution in [0.2, 0.25) is 0 Å². The van der Waals surface area contributed by atoms with Gasteiger partial charge in [0.15, 0.2) is 0 Å². The molecule has 0 radical (unpaired) electrons. The van der Waals surface area contributed by atoms with Gasteiger partial charge in [0, 0.05) is 15.9 Å². The fraction of sp³-hybridized carbons (Fsp3) is 0.312. The van der Waals surface area contributed by atoms with Crippen LogP contribution in [0.25, 0.3) is 0 Å². The number of carbonyl (C=O) groups excluding carboxylic acids is 1. The van der Waals surface area contributed by atoms with Crippen LogP contribution in [0.1, 0.15) is 34.1 Å². The largest absolute Gasteiger partial charge is 0.322 e. The molecule has 1 aromatic carbocycles. The van der Waals surface area contributed by atoms with Crippen molar-refractivity contribution in [3.05, 3.63) is 51.5 Å². The maximum atomic E-state index is 13.1. The molecule has 1 aromatic heterocycles. The number of hydrogen-bond acceptors (Lipinski definition) is 2. The van der Waals surface area contributed by atoms with Gasteiger partial charge in [-0.1, -0.05) is 13.0 Å². The predicted octanol–water partition coefficient (Wildman–Crippen LogP) is 4.26. The number of hydrogen-bond donors (Lipinski definition) is 1. The van der Waals surface area contributed by atoms with Gasteiger partial charge in [-0.25, -0.2) is 4.39 Å². The lowest BCUT2D eigenvalue weighted by Crippen LogP contribution is -2.16. The molecule has 0 aliphatic heterocycles. The van der Waals surface area contributed by atoms with Gasteiger partial charge in [0.2, 0.25) is 0 Å². The fourth-order valence-electron chi connectivity index (χ4n) is 2.63. The van der Waals surface area contributed by atoms with Crippen LogP contribution in [0.3, 0.4) is 0 Å². The highest BCUT2D eigenvalue weighted by molar-refractivity contribution is 7.10. The summed E-state index contributed by atoms with van der Waals surface area (Å²) >= 11 is 1.66. The molecule has 4 heteroatoms. The molecular weight excluding hydrogens is 273 g/mol. The van der Waals surface area contributed by atoms with Crippen molar-refractivity contribution in [1.29, 1.82) is 0 Å². The van der Waals surface area contributed by atoms with Gasteiger partial charge in [0.25, 0.3) is 5.91 Å². The van der Waals surface area contributed by atoms with E-state index >= 15 is 0 Å². The Labute approximate surface area is 121 Å². The summed E-state index contributed by atoms with van der Waals surface area (Å²) in [5.74, 6) is 0.215. The van der Waals surface area contributed by atoms with E-state index < -0.39 is 0 Å². The smallest absolute Gasteiger partial charge is 0.256 e. The molecule has 0 fully saturated rings. The van der Waals surface area contributed by atoms with Gasteiger partial charge in [0.05, 0.1) is 5.56 Å². The molecule has 0 spiro atoms. The van der Waals surface area contributed by atoms with E-state index in [2.05, 4.69) is 12.2 Å². The molecule has 0 bridgehead atoms. The number of thiophene rings is 1. The minimum Gasteiger partial charge on any atom is -0.322 e. The van der Waals surface area contributed by atoms with Crippen molar-refractivity contribution in [2.24, 2.45) is 5.92 Å². The number of fused-ring (bicyclic) bond motifs is 1. The monoisotopic (exact) mass is 289 g/mol. The topological polar surface area (TPSA) is 29.1 Å². The van der Waals surface area contributed by atoms with Gasteiger partial charge in [-0.2, -0.15) is 0 Å². The second-order valence-corrected chi connectivity index (χ2v) is 6.33. The lowest BCUT2D eigenvalue weighted by molar-refractivity contribution is 0.102. The minimum atomic E-state index is -0.344. The highest BCUT2D eigenvalue weighted by Crippen LogP contribution is 2.33. The predicted molar refractivity (Wildman–Crippen MR) is 79.9 cm³/mol. The number of amides is 1. The molecular formula is C16H16FNOS. The van der Waals surface area contributed by atoms with E-state index in [1.165, 1.54) is 22.6 Å². The summed E-state index contributed by atoms with van der Waals surface area (Å²) in [6.07, 6.45) is 3.16. The zero-order valence-electron chi connectivity index (χ0n) is 11.3. The van der Waals surface area contributed by atoms with Gasteiger partial charge in [-0.05, 0) is 48.9 Å². The van der Waals surface area contributed by atoms with Crippen molar-refractivity contribution < 1.29 is 9.18 Å². The van der Waals surface area contributed by atoms with Gasteiger partial charge in [-0.3, -0.25) is 4.79 Å². The van der Waals surface area contributed by atoms with Gasteiger partial charge >= 0.3 is 0 Å². The van der Waals surface area contributed by atoms with Crippen molar-refractivity contribution >= 4 is 22.9 Å². The fourth-order valence-corrected chi connectivity index (χ4v) is 3.88. The highest BCUT2D eigenvalue weighted by atomic mass is 32.1. The molecule has 0 saturated heterocycles. The Kier molecular flexibility index (Phi) is 3.57. The molecule has 104 valence electrons. The van der Waals surface area contributed by atoms with Crippen LogP contribution in [-0.2, 0) is 12.8 Å². The molecule has 1 amide bonds. The van der Waals surface area contributed by atoms with Crippen LogP contribution < -0.4 is 5.32 Å². The van der Waals surface area contributed by atoms with E-state index in [1.54, 1.807) is 23.5 Å². The quantitative estimate of drug-likeness (QED) is 0.879. The number of carbonyl (C=O) groups is 1. The number of halogens is 1. The third kappa shape index (κ3) is 2.61. The van der Waals surface area contributed by atoms with Crippen molar-refractivity contribution in [2.75, 3.05) is 5.32 Å². The molecule has 0 unspecified atom stereocenters. The number of nitrogens with one attached hydrogen (secondary N) is 1. The summed E-state index contributed by atoms with van der Waals surface area (Å²) < 4.78 is 13.1. The van der Waals surface area contributed by atoms with Crippen LogP contribution in [0.4, 0.5) is 10.1 Å². The SMILES string of the molecule is C[C@H]1CCc2c(C(=O)Nc3cccc(F)c3)csc2C1. The summed E-state index contributed by atoms with van der Waals surface area (Å²) in [7, 11) is 0. The van der Waals surface area contributed by atoms with E-state index in [-0.39, 0.29) is 11.7 Å². The Morgan fingerprint density at radius 3 is 3.10 bits per heavy atom. The van der Waals surface area contributed by atoms with Crippen molar-refractivity contribution in [2.45, 2.75) is 26.2 Å². The van der Waals surface area contributed by atoms with Crippen molar-refractivity contribution in [3.8, 4) is 0 Å². The van der Waals surface area contributed by atoms with E-state index in [1.807, 2.05) is 5.38 Å². The number of anilines is 1. The molecule has 1 atom stereocenters. The van der Waals surface area contributed by atoms with Crippen LogP contribution in [0.5, 0.6) is 0 Å². The Balaban J connectivity index is 1.81. The first-order chi connectivity index (χ1) is 9.63. The van der Waals surface area contributed by atoms with E-state index in [0.29, 0.717) is 11.6 Å². The Morgan fingerprint density at radius 2 is 2.30 bits per heavy atom. The molecule has 3 rings (SSSR count).